The topological polar surface area (TPSA) is 0 Å². The van der Waals surface area contributed by atoms with E-state index < -0.39 is 0 Å². The van der Waals surface area contributed by atoms with E-state index in [4.69, 9.17) is 0 Å². The summed E-state index contributed by atoms with van der Waals surface area (Å²) in [6, 6.07) is 36.1. The molecule has 0 saturated heterocycles. The van der Waals surface area contributed by atoms with Crippen LogP contribution < -0.4 is 0 Å². The molecule has 0 unspecified atom stereocenters. The zero-order valence-electron chi connectivity index (χ0n) is 14.2. The Morgan fingerprint density at radius 1 is 0.423 bits per heavy atom. The highest BCUT2D eigenvalue weighted by atomic mass is 14.1. The molecular weight excluding hydrogens is 312 g/mol. The number of hydrogen-bond acceptors (Lipinski definition) is 0. The van der Waals surface area contributed by atoms with Gasteiger partial charge in [-0.15, -0.1) is 0 Å². The van der Waals surface area contributed by atoms with Crippen LogP contribution in [0.5, 0.6) is 0 Å². The first kappa shape index (κ1) is 13.9. The van der Waals surface area contributed by atoms with Crippen LogP contribution in [0.25, 0.3) is 53.9 Å². The van der Waals surface area contributed by atoms with Crippen molar-refractivity contribution in [3.05, 3.63) is 97.1 Å². The summed E-state index contributed by atoms with van der Waals surface area (Å²) < 4.78 is 0. The van der Waals surface area contributed by atoms with Gasteiger partial charge in [0.25, 0.3) is 0 Å². The maximum atomic E-state index is 3.28. The maximum Gasteiger partial charge on any atom is -0.00143 e. The van der Waals surface area contributed by atoms with Crippen LogP contribution in [0.15, 0.2) is 91.0 Å². The van der Waals surface area contributed by atoms with Crippen molar-refractivity contribution in [3.63, 3.8) is 0 Å². The first-order chi connectivity index (χ1) is 12.9. The van der Waals surface area contributed by atoms with Gasteiger partial charge in [0, 0.05) is 0 Å². The van der Waals surface area contributed by atoms with Crippen molar-refractivity contribution in [2.45, 2.75) is 0 Å². The van der Waals surface area contributed by atoms with E-state index in [9.17, 15) is 0 Å². The molecule has 0 fully saturated rings. The largest absolute Gasteiger partial charge is 0.0616 e. The molecule has 6 aromatic rings. The molecule has 1 radical (unpaired) electrons. The first-order valence-corrected chi connectivity index (χ1v) is 8.96. The summed E-state index contributed by atoms with van der Waals surface area (Å²) in [6.45, 7) is 0. The van der Waals surface area contributed by atoms with Crippen LogP contribution in [0, 0.1) is 6.07 Å². The molecule has 0 N–H and O–H groups in total. The summed E-state index contributed by atoms with van der Waals surface area (Å²) >= 11 is 0. The molecule has 0 heteroatoms. The fourth-order valence-corrected chi connectivity index (χ4v) is 4.34. The molecule has 0 nitrogen and oxygen atoms in total. The SMILES string of the molecule is [c]1ccc2ccc3ccc4ccc5ccc6ccccc6c5c4c3c2c1. The van der Waals surface area contributed by atoms with Crippen LogP contribution in [0.4, 0.5) is 0 Å². The van der Waals surface area contributed by atoms with Crippen molar-refractivity contribution in [1.82, 2.24) is 0 Å². The molecule has 0 atom stereocenters. The lowest BCUT2D eigenvalue weighted by Crippen LogP contribution is -1.85. The van der Waals surface area contributed by atoms with Gasteiger partial charge in [0.15, 0.2) is 0 Å². The van der Waals surface area contributed by atoms with Crippen molar-refractivity contribution in [2.75, 3.05) is 0 Å². The van der Waals surface area contributed by atoms with Gasteiger partial charge in [0.2, 0.25) is 0 Å². The molecule has 0 aliphatic rings. The van der Waals surface area contributed by atoms with Crippen LogP contribution >= 0.6 is 0 Å². The Morgan fingerprint density at radius 2 is 0.962 bits per heavy atom. The third-order valence-electron chi connectivity index (χ3n) is 5.53. The van der Waals surface area contributed by atoms with E-state index >= 15 is 0 Å². The molecule has 0 heterocycles. The van der Waals surface area contributed by atoms with E-state index in [1.165, 1.54) is 53.9 Å². The Morgan fingerprint density at radius 3 is 1.69 bits per heavy atom. The fraction of sp³-hybridized carbons (Fsp3) is 0. The summed E-state index contributed by atoms with van der Waals surface area (Å²) in [5.41, 5.74) is 0. The number of hydrogen-bond donors (Lipinski definition) is 0. The predicted molar refractivity (Wildman–Crippen MR) is 113 cm³/mol. The van der Waals surface area contributed by atoms with Crippen molar-refractivity contribution >= 4 is 53.9 Å². The summed E-state index contributed by atoms with van der Waals surface area (Å²) in [7, 11) is 0. The van der Waals surface area contributed by atoms with E-state index in [1.54, 1.807) is 0 Å². The highest BCUT2D eigenvalue weighted by Crippen LogP contribution is 2.39. The van der Waals surface area contributed by atoms with E-state index in [0.717, 1.165) is 0 Å². The molecule has 119 valence electrons. The normalized spacial score (nSPS) is 11.8. The van der Waals surface area contributed by atoms with Gasteiger partial charge >= 0.3 is 0 Å². The Bertz CT molecular complexity index is 1350. The van der Waals surface area contributed by atoms with Crippen molar-refractivity contribution in [2.24, 2.45) is 0 Å². The Kier molecular flexibility index (Phi) is 2.70. The molecule has 0 saturated carbocycles. The lowest BCUT2D eigenvalue weighted by Gasteiger charge is -2.13. The predicted octanol–water partition coefficient (Wildman–Crippen LogP) is 7.25. The van der Waals surface area contributed by atoms with Crippen LogP contribution in [-0.2, 0) is 0 Å². The van der Waals surface area contributed by atoms with Crippen molar-refractivity contribution < 1.29 is 0 Å². The van der Waals surface area contributed by atoms with Gasteiger partial charge in [0.1, 0.15) is 0 Å². The smallest absolute Gasteiger partial charge is 0.00143 e. The molecular formula is C26H15. The maximum absolute atomic E-state index is 3.28. The van der Waals surface area contributed by atoms with E-state index in [2.05, 4.69) is 91.0 Å². The van der Waals surface area contributed by atoms with Gasteiger partial charge in [-0.2, -0.15) is 0 Å². The van der Waals surface area contributed by atoms with Crippen LogP contribution in [0.3, 0.4) is 0 Å². The molecule has 26 heavy (non-hydrogen) atoms. The number of rotatable bonds is 0. The zero-order valence-corrected chi connectivity index (χ0v) is 14.2. The van der Waals surface area contributed by atoms with E-state index in [0.29, 0.717) is 0 Å². The molecule has 0 aromatic heterocycles. The lowest BCUT2D eigenvalue weighted by molar-refractivity contribution is 1.77. The first-order valence-electron chi connectivity index (χ1n) is 8.96. The molecule has 0 bridgehead atoms. The fourth-order valence-electron chi connectivity index (χ4n) is 4.34. The van der Waals surface area contributed by atoms with Crippen LogP contribution in [0.1, 0.15) is 0 Å². The van der Waals surface area contributed by atoms with Gasteiger partial charge in [-0.25, -0.2) is 0 Å². The molecule has 0 aliphatic carbocycles. The molecule has 6 aromatic carbocycles. The molecule has 0 spiro atoms. The van der Waals surface area contributed by atoms with Gasteiger partial charge in [-0.3, -0.25) is 0 Å². The zero-order chi connectivity index (χ0) is 17.1. The summed E-state index contributed by atoms with van der Waals surface area (Å²) in [4.78, 5) is 0. The highest BCUT2D eigenvalue weighted by molar-refractivity contribution is 6.31. The van der Waals surface area contributed by atoms with Gasteiger partial charge in [0.05, 0.1) is 0 Å². The van der Waals surface area contributed by atoms with Gasteiger partial charge in [-0.1, -0.05) is 84.9 Å². The van der Waals surface area contributed by atoms with Crippen LogP contribution in [-0.4, -0.2) is 0 Å². The molecule has 0 amide bonds. The second-order valence-corrected chi connectivity index (χ2v) is 6.92. The lowest BCUT2D eigenvalue weighted by atomic mass is 9.91. The second kappa shape index (κ2) is 5.06. The van der Waals surface area contributed by atoms with Crippen LogP contribution in [0.2, 0.25) is 0 Å². The number of benzene rings is 6. The average Bonchev–Trinajstić information content (AvgIpc) is 2.72. The standard InChI is InChI=1S/C26H15/c1-3-7-22-17(5-1)9-11-19-13-15-21-16-14-20-12-10-18-6-2-4-8-23(18)25(20)26(21)24(19)22/h1-3,5-16H. The Balaban J connectivity index is 2.03. The second-order valence-electron chi connectivity index (χ2n) is 6.92. The summed E-state index contributed by atoms with van der Waals surface area (Å²) in [6.07, 6.45) is 0. The Labute approximate surface area is 151 Å². The average molecular weight is 327 g/mol. The molecule has 0 aliphatic heterocycles. The molecule has 6 rings (SSSR count). The number of fused-ring (bicyclic) bond motifs is 9. The third kappa shape index (κ3) is 1.79. The third-order valence-corrected chi connectivity index (χ3v) is 5.53. The minimum absolute atomic E-state index is 1.26. The minimum Gasteiger partial charge on any atom is -0.0616 e. The van der Waals surface area contributed by atoms with Gasteiger partial charge < -0.3 is 0 Å². The van der Waals surface area contributed by atoms with Gasteiger partial charge in [-0.05, 0) is 66.0 Å². The summed E-state index contributed by atoms with van der Waals surface area (Å²) in [5.74, 6) is 0. The van der Waals surface area contributed by atoms with Crippen molar-refractivity contribution in [1.29, 1.82) is 0 Å². The minimum atomic E-state index is 1.26. The van der Waals surface area contributed by atoms with Crippen molar-refractivity contribution in [3.8, 4) is 0 Å². The summed E-state index contributed by atoms with van der Waals surface area (Å²) in [5, 5.41) is 13.0. The van der Waals surface area contributed by atoms with E-state index in [1.807, 2.05) is 6.07 Å². The quantitative estimate of drug-likeness (QED) is 0.258. The highest BCUT2D eigenvalue weighted by Gasteiger charge is 2.10. The Hall–Kier alpha value is -3.38. The monoisotopic (exact) mass is 327 g/mol. The van der Waals surface area contributed by atoms with E-state index in [-0.39, 0.29) is 0 Å².